The summed E-state index contributed by atoms with van der Waals surface area (Å²) in [7, 11) is 0. The Kier molecular flexibility index (Phi) is 7.15. The fourth-order valence-electron chi connectivity index (χ4n) is 8.92. The van der Waals surface area contributed by atoms with Crippen molar-refractivity contribution in [2.24, 2.45) is 0 Å². The van der Waals surface area contributed by atoms with E-state index in [1.165, 1.54) is 68.9 Å². The third-order valence-electron chi connectivity index (χ3n) is 11.4. The van der Waals surface area contributed by atoms with E-state index in [1.54, 1.807) is 11.3 Å². The molecule has 4 heterocycles. The van der Waals surface area contributed by atoms with Crippen LogP contribution < -0.4 is 0 Å². The fourth-order valence-corrected chi connectivity index (χ4v) is 11.7. The predicted molar refractivity (Wildman–Crippen MR) is 241 cm³/mol. The number of aryl methyl sites for hydroxylation is 1. The first kappa shape index (κ1) is 32.2. The summed E-state index contributed by atoms with van der Waals surface area (Å²) in [4.78, 5) is 11.3. The number of aromatic nitrogens is 3. The van der Waals surface area contributed by atoms with Gasteiger partial charge in [0.2, 0.25) is 5.28 Å². The number of hydrogen-bond acceptors (Lipinski definition) is 4. The summed E-state index contributed by atoms with van der Waals surface area (Å²) in [5, 5.41) is 7.90. The molecule has 6 heteroatoms. The second kappa shape index (κ2) is 12.5. The number of thiophene rings is 2. The first-order valence-corrected chi connectivity index (χ1v) is 20.9. The van der Waals surface area contributed by atoms with Crippen LogP contribution in [0.25, 0.3) is 108 Å². The zero-order chi connectivity index (χ0) is 36.9. The Balaban J connectivity index is 1.09. The molecule has 1 aliphatic carbocycles. The van der Waals surface area contributed by atoms with Crippen LogP contribution in [0.15, 0.2) is 152 Å². The summed E-state index contributed by atoms with van der Waals surface area (Å²) in [6.07, 6.45) is 6.87. The highest BCUT2D eigenvalue weighted by Crippen LogP contribution is 2.49. The predicted octanol–water partition coefficient (Wildman–Crippen LogP) is 14.9. The van der Waals surface area contributed by atoms with Crippen molar-refractivity contribution >= 4 is 103 Å². The second-order valence-electron chi connectivity index (χ2n) is 14.5. The Morgan fingerprint density at radius 3 is 2.07 bits per heavy atom. The van der Waals surface area contributed by atoms with Crippen molar-refractivity contribution in [1.29, 1.82) is 0 Å². The molecule has 0 amide bonds. The molecule has 264 valence electrons. The van der Waals surface area contributed by atoms with Gasteiger partial charge in [0.25, 0.3) is 0 Å². The number of halogens is 1. The number of allylic oxidation sites excluding steroid dienone is 1. The van der Waals surface area contributed by atoms with Gasteiger partial charge in [-0.2, -0.15) is 0 Å². The lowest BCUT2D eigenvalue weighted by Crippen LogP contribution is -1.96. The maximum Gasteiger partial charge on any atom is 0.223 e. The summed E-state index contributed by atoms with van der Waals surface area (Å²) in [6, 6.07) is 52.4. The van der Waals surface area contributed by atoms with Gasteiger partial charge in [-0.25, -0.2) is 9.97 Å². The minimum atomic E-state index is 0.245. The highest BCUT2D eigenvalue weighted by Gasteiger charge is 2.25. The molecule has 0 N–H and O–H groups in total. The van der Waals surface area contributed by atoms with Gasteiger partial charge < -0.3 is 4.57 Å². The molecule has 12 rings (SSSR count). The molecule has 1 aliphatic rings. The van der Waals surface area contributed by atoms with Gasteiger partial charge in [0, 0.05) is 58.0 Å². The first-order chi connectivity index (χ1) is 27.7. The quantitative estimate of drug-likeness (QED) is 0.167. The van der Waals surface area contributed by atoms with Gasteiger partial charge in [0.05, 0.1) is 26.9 Å². The van der Waals surface area contributed by atoms with E-state index in [2.05, 4.69) is 162 Å². The average Bonchev–Trinajstić information content (AvgIpc) is 3.94. The molecule has 0 unspecified atom stereocenters. The molecule has 4 aromatic heterocycles. The standard InChI is InChI=1S/C50H30ClN3S2/c51-50-52-44(49-45(53-50)39-28-32(29-13-3-1-4-14-29)27-38(47(39)56-49)30-15-5-2-6-16-30)31-23-25-33(26-24-31)54-40-21-11-9-19-36(40)42-34-17-7-8-18-35(34)48-43(46(42)54)37-20-10-12-22-41(37)55-48/h1-11,13-21,23-28H,12,22H2. The maximum atomic E-state index is 6.81. The molecule has 0 aliphatic heterocycles. The van der Waals surface area contributed by atoms with Gasteiger partial charge in [-0.05, 0) is 82.4 Å². The van der Waals surface area contributed by atoms with Crippen LogP contribution in [-0.4, -0.2) is 14.5 Å². The van der Waals surface area contributed by atoms with Crippen molar-refractivity contribution < 1.29 is 0 Å². The van der Waals surface area contributed by atoms with Crippen molar-refractivity contribution in [2.45, 2.75) is 12.8 Å². The van der Waals surface area contributed by atoms with E-state index in [0.717, 1.165) is 56.5 Å². The van der Waals surface area contributed by atoms with Crippen molar-refractivity contribution in [3.05, 3.63) is 167 Å². The number of para-hydroxylation sites is 1. The van der Waals surface area contributed by atoms with Gasteiger partial charge in [0.1, 0.15) is 0 Å². The zero-order valence-electron chi connectivity index (χ0n) is 30.0. The van der Waals surface area contributed by atoms with Crippen LogP contribution in [0.3, 0.4) is 0 Å². The monoisotopic (exact) mass is 771 g/mol. The highest BCUT2D eigenvalue weighted by molar-refractivity contribution is 7.26. The molecule has 0 saturated heterocycles. The number of hydrogen-bond donors (Lipinski definition) is 0. The zero-order valence-corrected chi connectivity index (χ0v) is 32.4. The Bertz CT molecular complexity index is 3410. The smallest absolute Gasteiger partial charge is 0.223 e. The van der Waals surface area contributed by atoms with Gasteiger partial charge >= 0.3 is 0 Å². The lowest BCUT2D eigenvalue weighted by atomic mass is 9.96. The lowest BCUT2D eigenvalue weighted by molar-refractivity contribution is 1.02. The molecular formula is C50H30ClN3S2. The van der Waals surface area contributed by atoms with Crippen LogP contribution in [-0.2, 0) is 6.42 Å². The topological polar surface area (TPSA) is 30.7 Å². The summed E-state index contributed by atoms with van der Waals surface area (Å²) >= 11 is 10.5. The van der Waals surface area contributed by atoms with Crippen LogP contribution in [0.1, 0.15) is 16.9 Å². The average molecular weight is 772 g/mol. The SMILES string of the molecule is Clc1nc(-c2ccc(-n3c4ccccc4c4c5ccccc5c5sc6c(c5c43)C=CCC6)cc2)c2sc3c(-c4ccccc4)cc(-c4ccccc4)cc3c2n1. The van der Waals surface area contributed by atoms with Crippen LogP contribution in [0.4, 0.5) is 0 Å². The maximum absolute atomic E-state index is 6.81. The second-order valence-corrected chi connectivity index (χ2v) is 17.0. The van der Waals surface area contributed by atoms with E-state index < -0.39 is 0 Å². The van der Waals surface area contributed by atoms with E-state index in [-0.39, 0.29) is 5.28 Å². The molecule has 0 spiro atoms. The molecule has 3 nitrogen and oxygen atoms in total. The van der Waals surface area contributed by atoms with Crippen LogP contribution in [0.2, 0.25) is 5.28 Å². The molecule has 56 heavy (non-hydrogen) atoms. The Morgan fingerprint density at radius 2 is 1.27 bits per heavy atom. The van der Waals surface area contributed by atoms with Gasteiger partial charge in [-0.1, -0.05) is 127 Å². The van der Waals surface area contributed by atoms with Crippen LogP contribution in [0, 0.1) is 0 Å². The van der Waals surface area contributed by atoms with Gasteiger partial charge in [0.15, 0.2) is 0 Å². The third-order valence-corrected chi connectivity index (χ3v) is 14.1. The molecule has 0 fully saturated rings. The van der Waals surface area contributed by atoms with E-state index in [4.69, 9.17) is 21.6 Å². The van der Waals surface area contributed by atoms with Gasteiger partial charge in [-0.3, -0.25) is 0 Å². The summed E-state index contributed by atoms with van der Waals surface area (Å²) in [5.74, 6) is 0. The molecule has 0 bridgehead atoms. The largest absolute Gasteiger partial charge is 0.309 e. The van der Waals surface area contributed by atoms with Crippen LogP contribution >= 0.6 is 34.3 Å². The van der Waals surface area contributed by atoms with E-state index in [1.807, 2.05) is 11.3 Å². The van der Waals surface area contributed by atoms with E-state index >= 15 is 0 Å². The highest BCUT2D eigenvalue weighted by atomic mass is 35.5. The third kappa shape index (κ3) is 4.75. The van der Waals surface area contributed by atoms with Crippen molar-refractivity contribution in [2.75, 3.05) is 0 Å². The number of nitrogens with zero attached hydrogens (tertiary/aromatic N) is 3. The molecular weight excluding hydrogens is 742 g/mol. The number of fused-ring (bicyclic) bond motifs is 13. The normalized spacial score (nSPS) is 12.9. The Morgan fingerprint density at radius 1 is 0.554 bits per heavy atom. The van der Waals surface area contributed by atoms with E-state index in [9.17, 15) is 0 Å². The number of benzene rings is 7. The Labute approximate surface area is 335 Å². The Hall–Kier alpha value is -6.11. The molecule has 0 radical (unpaired) electrons. The van der Waals surface area contributed by atoms with Crippen molar-refractivity contribution in [1.82, 2.24) is 14.5 Å². The first-order valence-electron chi connectivity index (χ1n) is 18.9. The molecule has 0 saturated carbocycles. The summed E-state index contributed by atoms with van der Waals surface area (Å²) in [5.41, 5.74) is 12.4. The summed E-state index contributed by atoms with van der Waals surface area (Å²) < 4.78 is 6.06. The van der Waals surface area contributed by atoms with Crippen molar-refractivity contribution in [3.63, 3.8) is 0 Å². The van der Waals surface area contributed by atoms with E-state index in [0.29, 0.717) is 0 Å². The fraction of sp³-hybridized carbons (Fsp3) is 0.0400. The van der Waals surface area contributed by atoms with Crippen LogP contribution in [0.5, 0.6) is 0 Å². The number of rotatable bonds is 4. The molecule has 11 aromatic rings. The minimum Gasteiger partial charge on any atom is -0.309 e. The lowest BCUT2D eigenvalue weighted by Gasteiger charge is -2.12. The summed E-state index contributed by atoms with van der Waals surface area (Å²) in [6.45, 7) is 0. The van der Waals surface area contributed by atoms with Crippen molar-refractivity contribution in [3.8, 4) is 39.2 Å². The molecule has 0 atom stereocenters. The van der Waals surface area contributed by atoms with Gasteiger partial charge in [-0.15, -0.1) is 22.7 Å². The minimum absolute atomic E-state index is 0.245. The molecule has 7 aromatic carbocycles.